The van der Waals surface area contributed by atoms with Gasteiger partial charge in [-0.3, -0.25) is 14.0 Å². The zero-order valence-electron chi connectivity index (χ0n) is 18.0. The Hall–Kier alpha value is -3.79. The molecule has 1 saturated carbocycles. The van der Waals surface area contributed by atoms with Crippen molar-refractivity contribution in [2.45, 2.75) is 12.5 Å². The van der Waals surface area contributed by atoms with Crippen LogP contribution in [0.15, 0.2) is 54.9 Å². The third-order valence-electron chi connectivity index (χ3n) is 6.62. The molecule has 4 aromatic rings. The van der Waals surface area contributed by atoms with Crippen LogP contribution in [0.4, 0.5) is 9.52 Å². The lowest BCUT2D eigenvalue weighted by Crippen LogP contribution is -2.46. The van der Waals surface area contributed by atoms with Crippen LogP contribution in [-0.2, 0) is 0 Å². The minimum absolute atomic E-state index is 0.135. The molecule has 0 unspecified atom stereocenters. The molecule has 3 N–H and O–H groups in total. The second-order valence-corrected chi connectivity index (χ2v) is 9.74. The van der Waals surface area contributed by atoms with Gasteiger partial charge in [0, 0.05) is 19.3 Å². The van der Waals surface area contributed by atoms with Gasteiger partial charge in [-0.2, -0.15) is 0 Å². The number of nitrogens with zero attached hydrogens (tertiary/aromatic N) is 4. The maximum absolute atomic E-state index is 13.8. The zero-order chi connectivity index (χ0) is 23.4. The number of rotatable bonds is 5. The SMILES string of the molecule is Nc1nc(C(=O)N2C[C@@H]3C[C@@H]3[C@H]2CNC(=O)c2cnc3ccccn23)c(-c2cccc(F)c2)s1. The molecule has 34 heavy (non-hydrogen) atoms. The van der Waals surface area contributed by atoms with E-state index in [0.717, 1.165) is 6.42 Å². The number of amides is 2. The number of hydrogen-bond acceptors (Lipinski definition) is 6. The zero-order valence-corrected chi connectivity index (χ0v) is 18.8. The topological polar surface area (TPSA) is 106 Å². The summed E-state index contributed by atoms with van der Waals surface area (Å²) in [4.78, 5) is 37.3. The molecule has 1 aliphatic carbocycles. The quantitative estimate of drug-likeness (QED) is 0.461. The standard InChI is InChI=1S/C24H21FN6O2S/c25-15-5-3-4-13(8-15)21-20(29-24(26)34-21)23(33)31-12-14-9-16(14)17(31)10-28-22(32)18-11-27-19-6-1-2-7-30(18)19/h1-8,11,14,16-17H,9-10,12H2,(H2,26,29)(H,28,32)/t14-,16-,17+/m0/s1. The molecule has 0 radical (unpaired) electrons. The molecule has 1 aromatic carbocycles. The molecular weight excluding hydrogens is 455 g/mol. The Bertz CT molecular complexity index is 1430. The van der Waals surface area contributed by atoms with Crippen LogP contribution < -0.4 is 11.1 Å². The number of carbonyl (C=O) groups is 2. The van der Waals surface area contributed by atoms with Crippen molar-refractivity contribution >= 4 is 33.9 Å². The normalized spacial score (nSPS) is 21.0. The summed E-state index contributed by atoms with van der Waals surface area (Å²) in [7, 11) is 0. The second kappa shape index (κ2) is 7.91. The Labute approximate surface area is 198 Å². The largest absolute Gasteiger partial charge is 0.375 e. The second-order valence-electron chi connectivity index (χ2n) is 8.71. The first-order chi connectivity index (χ1) is 16.5. The molecular formula is C24H21FN6O2S. The van der Waals surface area contributed by atoms with Gasteiger partial charge >= 0.3 is 0 Å². The highest BCUT2D eigenvalue weighted by Gasteiger charge is 2.54. The van der Waals surface area contributed by atoms with Crippen LogP contribution in [-0.4, -0.2) is 50.2 Å². The molecule has 0 bridgehead atoms. The van der Waals surface area contributed by atoms with Gasteiger partial charge in [-0.05, 0) is 48.1 Å². The third-order valence-corrected chi connectivity index (χ3v) is 7.55. The van der Waals surface area contributed by atoms with Crippen molar-refractivity contribution in [3.63, 3.8) is 0 Å². The molecule has 172 valence electrons. The minimum Gasteiger partial charge on any atom is -0.375 e. The number of pyridine rings is 1. The number of hydrogen-bond donors (Lipinski definition) is 2. The summed E-state index contributed by atoms with van der Waals surface area (Å²) < 4.78 is 15.5. The van der Waals surface area contributed by atoms with Gasteiger partial charge in [-0.25, -0.2) is 14.4 Å². The van der Waals surface area contributed by atoms with Crippen molar-refractivity contribution in [1.29, 1.82) is 0 Å². The van der Waals surface area contributed by atoms with Gasteiger partial charge in [0.15, 0.2) is 5.13 Å². The minimum atomic E-state index is -0.390. The van der Waals surface area contributed by atoms with Crippen molar-refractivity contribution in [3.05, 3.63) is 72.1 Å². The first kappa shape index (κ1) is 20.8. The lowest BCUT2D eigenvalue weighted by molar-refractivity contribution is 0.0690. The number of benzene rings is 1. The van der Waals surface area contributed by atoms with E-state index >= 15 is 0 Å². The lowest BCUT2D eigenvalue weighted by Gasteiger charge is -2.27. The summed E-state index contributed by atoms with van der Waals surface area (Å²) in [5.41, 5.74) is 7.87. The number of piperidine rings is 1. The van der Waals surface area contributed by atoms with Gasteiger partial charge in [0.05, 0.1) is 17.1 Å². The number of nitrogens with one attached hydrogen (secondary N) is 1. The number of nitrogen functional groups attached to an aromatic ring is 1. The lowest BCUT2D eigenvalue weighted by atomic mass is 10.1. The van der Waals surface area contributed by atoms with Crippen LogP contribution in [0, 0.1) is 17.7 Å². The maximum Gasteiger partial charge on any atom is 0.274 e. The molecule has 3 aromatic heterocycles. The van der Waals surface area contributed by atoms with Gasteiger partial charge in [0.2, 0.25) is 0 Å². The van der Waals surface area contributed by atoms with Gasteiger partial charge in [-0.1, -0.05) is 29.5 Å². The first-order valence-electron chi connectivity index (χ1n) is 11.0. The van der Waals surface area contributed by atoms with Gasteiger partial charge < -0.3 is 16.0 Å². The highest BCUT2D eigenvalue weighted by Crippen LogP contribution is 2.50. The van der Waals surface area contributed by atoms with E-state index in [2.05, 4.69) is 15.3 Å². The number of thiazole rings is 1. The van der Waals surface area contributed by atoms with Crippen LogP contribution >= 0.6 is 11.3 Å². The number of fused-ring (bicyclic) bond motifs is 2. The maximum atomic E-state index is 13.8. The molecule has 3 atom stereocenters. The molecule has 2 amide bonds. The third kappa shape index (κ3) is 3.50. The Morgan fingerprint density at radius 1 is 1.24 bits per heavy atom. The smallest absolute Gasteiger partial charge is 0.274 e. The van der Waals surface area contributed by atoms with Crippen molar-refractivity contribution in [1.82, 2.24) is 24.6 Å². The predicted molar refractivity (Wildman–Crippen MR) is 126 cm³/mol. The predicted octanol–water partition coefficient (Wildman–Crippen LogP) is 3.07. The van der Waals surface area contributed by atoms with Crippen LogP contribution in [0.1, 0.15) is 27.4 Å². The van der Waals surface area contributed by atoms with Gasteiger partial charge in [0.1, 0.15) is 22.9 Å². The Kier molecular flexibility index (Phi) is 4.84. The molecule has 2 fully saturated rings. The highest BCUT2D eigenvalue weighted by molar-refractivity contribution is 7.19. The van der Waals surface area contributed by atoms with Gasteiger partial charge in [-0.15, -0.1) is 0 Å². The highest BCUT2D eigenvalue weighted by atomic mass is 32.1. The number of aromatic nitrogens is 3. The van der Waals surface area contributed by atoms with Crippen LogP contribution in [0.5, 0.6) is 0 Å². The van der Waals surface area contributed by atoms with Crippen LogP contribution in [0.3, 0.4) is 0 Å². The van der Waals surface area contributed by atoms with E-state index in [1.54, 1.807) is 33.8 Å². The Balaban J connectivity index is 1.23. The number of carbonyl (C=O) groups excluding carboxylic acids is 2. The van der Waals surface area contributed by atoms with E-state index in [9.17, 15) is 14.0 Å². The van der Waals surface area contributed by atoms with E-state index in [1.807, 2.05) is 18.2 Å². The molecule has 1 saturated heterocycles. The number of anilines is 1. The van der Waals surface area contributed by atoms with Gasteiger partial charge in [0.25, 0.3) is 11.8 Å². The average molecular weight is 477 g/mol. The van der Waals surface area contributed by atoms with E-state index in [4.69, 9.17) is 5.73 Å². The monoisotopic (exact) mass is 476 g/mol. The molecule has 6 rings (SSSR count). The van der Waals surface area contributed by atoms with Crippen molar-refractivity contribution in [3.8, 4) is 10.4 Å². The Morgan fingerprint density at radius 2 is 2.12 bits per heavy atom. The molecule has 8 nitrogen and oxygen atoms in total. The summed E-state index contributed by atoms with van der Waals surface area (Å²) in [6.07, 6.45) is 4.38. The number of halogens is 1. The number of likely N-dealkylation sites (tertiary alicyclic amines) is 1. The average Bonchev–Trinajstić information content (AvgIpc) is 3.17. The van der Waals surface area contributed by atoms with E-state index < -0.39 is 5.82 Å². The summed E-state index contributed by atoms with van der Waals surface area (Å²) in [5, 5.41) is 3.24. The molecule has 10 heteroatoms. The van der Waals surface area contributed by atoms with Crippen molar-refractivity contribution in [2.75, 3.05) is 18.8 Å². The fraction of sp³-hybridized carbons (Fsp3) is 0.250. The molecule has 4 heterocycles. The summed E-state index contributed by atoms with van der Waals surface area (Å²) >= 11 is 1.17. The number of nitrogens with two attached hydrogens (primary N) is 1. The summed E-state index contributed by atoms with van der Waals surface area (Å²) in [6.45, 7) is 0.945. The Morgan fingerprint density at radius 3 is 2.97 bits per heavy atom. The van der Waals surface area contributed by atoms with Crippen molar-refractivity contribution < 1.29 is 14.0 Å². The molecule has 1 aliphatic heterocycles. The van der Waals surface area contributed by atoms with E-state index in [-0.39, 0.29) is 28.7 Å². The van der Waals surface area contributed by atoms with E-state index in [1.165, 1.54) is 23.5 Å². The molecule has 0 spiro atoms. The fourth-order valence-electron chi connectivity index (χ4n) is 4.90. The molecule has 2 aliphatic rings. The van der Waals surface area contributed by atoms with Crippen molar-refractivity contribution in [2.24, 2.45) is 11.8 Å². The fourth-order valence-corrected chi connectivity index (χ4v) is 5.72. The number of imidazole rings is 1. The first-order valence-corrected chi connectivity index (χ1v) is 11.8. The van der Waals surface area contributed by atoms with Crippen LogP contribution in [0.25, 0.3) is 16.1 Å². The van der Waals surface area contributed by atoms with E-state index in [0.29, 0.717) is 46.7 Å². The summed E-state index contributed by atoms with van der Waals surface area (Å²) in [5.74, 6) is -0.101. The summed E-state index contributed by atoms with van der Waals surface area (Å²) in [6, 6.07) is 11.5. The van der Waals surface area contributed by atoms with Crippen LogP contribution in [0.2, 0.25) is 0 Å².